The predicted octanol–water partition coefficient (Wildman–Crippen LogP) is 4.32. The van der Waals surface area contributed by atoms with Crippen molar-refractivity contribution in [1.29, 1.82) is 0 Å². The molecule has 0 unspecified atom stereocenters. The Balaban J connectivity index is 1.48. The van der Waals surface area contributed by atoms with Crippen molar-refractivity contribution in [3.63, 3.8) is 0 Å². The summed E-state index contributed by atoms with van der Waals surface area (Å²) in [7, 11) is 0. The summed E-state index contributed by atoms with van der Waals surface area (Å²) in [5, 5.41) is 2.85. The van der Waals surface area contributed by atoms with Crippen molar-refractivity contribution in [3.8, 4) is 5.75 Å². The minimum atomic E-state index is -0.488. The average Bonchev–Trinajstić information content (AvgIpc) is 2.71. The van der Waals surface area contributed by atoms with Gasteiger partial charge in [0.05, 0.1) is 12.4 Å². The molecular weight excluding hydrogens is 414 g/mol. The molecule has 3 rings (SSSR count). The van der Waals surface area contributed by atoms with Crippen LogP contribution >= 0.6 is 23.4 Å². The number of aryl methyl sites for hydroxylation is 1. The zero-order valence-corrected chi connectivity index (χ0v) is 17.8. The van der Waals surface area contributed by atoms with Crippen LogP contribution in [0.2, 0.25) is 5.02 Å². The van der Waals surface area contributed by atoms with Crippen molar-refractivity contribution in [1.82, 2.24) is 0 Å². The van der Waals surface area contributed by atoms with E-state index in [-0.39, 0.29) is 25.1 Å². The zero-order valence-electron chi connectivity index (χ0n) is 16.2. The number of anilines is 1. The number of fused-ring (bicyclic) bond motifs is 1. The van der Waals surface area contributed by atoms with Crippen LogP contribution in [-0.4, -0.2) is 29.7 Å². The van der Waals surface area contributed by atoms with E-state index < -0.39 is 11.2 Å². The second-order valence-corrected chi connectivity index (χ2v) is 8.40. The number of ether oxygens (including phenoxy) is 3. The maximum atomic E-state index is 12.3. The lowest BCUT2D eigenvalue weighted by Crippen LogP contribution is -2.21. The fraction of sp³-hybridized carbons (Fsp3) is 0.333. The monoisotopic (exact) mass is 435 g/mol. The highest BCUT2D eigenvalue weighted by molar-refractivity contribution is 8.01. The maximum absolute atomic E-state index is 12.3. The summed E-state index contributed by atoms with van der Waals surface area (Å²) in [5.74, 6) is 0.220. The van der Waals surface area contributed by atoms with Gasteiger partial charge in [-0.2, -0.15) is 0 Å². The topological polar surface area (TPSA) is 73.9 Å². The number of nitrogens with one attached hydrogen (secondary N) is 1. The minimum Gasteiger partial charge on any atom is -0.467 e. The number of thioether (sulfide) groups is 1. The molecule has 1 atom stereocenters. The van der Waals surface area contributed by atoms with Crippen LogP contribution in [-0.2, 0) is 32.3 Å². The van der Waals surface area contributed by atoms with E-state index in [4.69, 9.17) is 25.8 Å². The number of carbonyl (C=O) groups excluding carboxylic acids is 2. The van der Waals surface area contributed by atoms with Gasteiger partial charge in [-0.3, -0.25) is 9.59 Å². The van der Waals surface area contributed by atoms with Crippen LogP contribution in [0.5, 0.6) is 5.75 Å². The highest BCUT2D eigenvalue weighted by Crippen LogP contribution is 2.32. The predicted molar refractivity (Wildman–Crippen MR) is 113 cm³/mol. The molecule has 0 saturated carbocycles. The Morgan fingerprint density at radius 2 is 2.03 bits per heavy atom. The van der Waals surface area contributed by atoms with E-state index in [0.717, 1.165) is 16.8 Å². The van der Waals surface area contributed by atoms with Gasteiger partial charge in [-0.05, 0) is 38.1 Å². The van der Waals surface area contributed by atoms with E-state index >= 15 is 0 Å². The normalized spacial score (nSPS) is 13.8. The molecule has 8 heteroatoms. The quantitative estimate of drug-likeness (QED) is 0.653. The first kappa shape index (κ1) is 21.5. The van der Waals surface area contributed by atoms with Crippen LogP contribution in [0.25, 0.3) is 0 Å². The fourth-order valence-electron chi connectivity index (χ4n) is 2.73. The Labute approximate surface area is 178 Å². The van der Waals surface area contributed by atoms with Crippen molar-refractivity contribution in [3.05, 3.63) is 58.1 Å². The smallest absolute Gasteiger partial charge is 0.319 e. The maximum Gasteiger partial charge on any atom is 0.319 e. The van der Waals surface area contributed by atoms with E-state index in [9.17, 15) is 9.59 Å². The number of hydrogen-bond donors (Lipinski definition) is 1. The molecule has 0 aromatic heterocycles. The van der Waals surface area contributed by atoms with Gasteiger partial charge in [-0.25, -0.2) is 0 Å². The largest absolute Gasteiger partial charge is 0.467 e. The standard InChI is InChI=1S/C21H22ClNO5S/c1-13-3-5-18(6-4-13)23-19(24)11-29-14(2)21(25)27-10-16-8-17(22)7-15-9-26-12-28-20(15)16/h3-8,14H,9-12H2,1-2H3,(H,23,24)/t14-/m1/s1. The van der Waals surface area contributed by atoms with Crippen LogP contribution in [0.4, 0.5) is 5.69 Å². The Morgan fingerprint density at radius 3 is 2.79 bits per heavy atom. The molecule has 29 heavy (non-hydrogen) atoms. The average molecular weight is 436 g/mol. The molecule has 1 N–H and O–H groups in total. The van der Waals surface area contributed by atoms with E-state index in [1.54, 1.807) is 19.1 Å². The third kappa shape index (κ3) is 6.13. The second kappa shape index (κ2) is 10.0. The van der Waals surface area contributed by atoms with Gasteiger partial charge in [-0.1, -0.05) is 29.3 Å². The molecular formula is C21H22ClNO5S. The van der Waals surface area contributed by atoms with Gasteiger partial charge < -0.3 is 19.5 Å². The number of rotatable bonds is 7. The first-order chi connectivity index (χ1) is 13.9. The molecule has 1 amide bonds. The molecule has 2 aromatic rings. The Bertz CT molecular complexity index is 887. The van der Waals surface area contributed by atoms with E-state index in [1.165, 1.54) is 11.8 Å². The van der Waals surface area contributed by atoms with E-state index in [2.05, 4.69) is 5.32 Å². The van der Waals surface area contributed by atoms with Gasteiger partial charge in [0.1, 0.15) is 17.6 Å². The van der Waals surface area contributed by atoms with Crippen LogP contribution in [0, 0.1) is 6.92 Å². The Kier molecular flexibility index (Phi) is 7.41. The van der Waals surface area contributed by atoms with Gasteiger partial charge in [-0.15, -0.1) is 11.8 Å². The van der Waals surface area contributed by atoms with Crippen LogP contribution in [0.15, 0.2) is 36.4 Å². The van der Waals surface area contributed by atoms with Crippen molar-refractivity contribution < 1.29 is 23.8 Å². The molecule has 0 fully saturated rings. The summed E-state index contributed by atoms with van der Waals surface area (Å²) in [5.41, 5.74) is 3.36. The number of esters is 1. The highest BCUT2D eigenvalue weighted by atomic mass is 35.5. The number of amides is 1. The van der Waals surface area contributed by atoms with Gasteiger partial charge in [0.2, 0.25) is 5.91 Å². The summed E-state index contributed by atoms with van der Waals surface area (Å²) >= 11 is 7.34. The van der Waals surface area contributed by atoms with E-state index in [0.29, 0.717) is 22.9 Å². The SMILES string of the molecule is Cc1ccc(NC(=O)CS[C@H](C)C(=O)OCc2cc(Cl)cc3c2OCOC3)cc1. The number of carbonyl (C=O) groups is 2. The van der Waals surface area contributed by atoms with Gasteiger partial charge in [0.25, 0.3) is 0 Å². The molecule has 0 radical (unpaired) electrons. The number of halogens is 1. The molecule has 0 saturated heterocycles. The van der Waals surface area contributed by atoms with Crippen molar-refractivity contribution in [2.45, 2.75) is 32.3 Å². The molecule has 1 heterocycles. The van der Waals surface area contributed by atoms with Crippen LogP contribution in [0.3, 0.4) is 0 Å². The van der Waals surface area contributed by atoms with Gasteiger partial charge in [0.15, 0.2) is 6.79 Å². The molecule has 2 aromatic carbocycles. The third-order valence-corrected chi connectivity index (χ3v) is 5.59. The molecule has 0 spiro atoms. The molecule has 154 valence electrons. The fourth-order valence-corrected chi connectivity index (χ4v) is 3.67. The first-order valence-electron chi connectivity index (χ1n) is 9.09. The molecule has 1 aliphatic heterocycles. The molecule has 6 nitrogen and oxygen atoms in total. The Hall–Kier alpha value is -2.22. The summed E-state index contributed by atoms with van der Waals surface area (Å²) in [4.78, 5) is 24.4. The minimum absolute atomic E-state index is 0.0438. The van der Waals surface area contributed by atoms with Gasteiger partial charge in [0, 0.05) is 21.8 Å². The zero-order chi connectivity index (χ0) is 20.8. The lowest BCUT2D eigenvalue weighted by atomic mass is 10.1. The summed E-state index contributed by atoms with van der Waals surface area (Å²) in [6, 6.07) is 11.0. The summed E-state index contributed by atoms with van der Waals surface area (Å²) in [6.07, 6.45) is 0. The molecule has 1 aliphatic rings. The molecule has 0 bridgehead atoms. The summed E-state index contributed by atoms with van der Waals surface area (Å²) in [6.45, 7) is 4.29. The van der Waals surface area contributed by atoms with Gasteiger partial charge >= 0.3 is 5.97 Å². The van der Waals surface area contributed by atoms with Crippen molar-refractivity contribution in [2.75, 3.05) is 17.9 Å². The van der Waals surface area contributed by atoms with Crippen molar-refractivity contribution >= 4 is 40.9 Å². The van der Waals surface area contributed by atoms with Crippen LogP contribution < -0.4 is 10.1 Å². The third-order valence-electron chi connectivity index (χ3n) is 4.25. The van der Waals surface area contributed by atoms with E-state index in [1.807, 2.05) is 31.2 Å². The first-order valence-corrected chi connectivity index (χ1v) is 10.5. The molecule has 0 aliphatic carbocycles. The lowest BCUT2D eigenvalue weighted by molar-refractivity contribution is -0.144. The second-order valence-electron chi connectivity index (χ2n) is 6.64. The number of benzene rings is 2. The highest BCUT2D eigenvalue weighted by Gasteiger charge is 2.20. The number of hydrogen-bond acceptors (Lipinski definition) is 6. The lowest BCUT2D eigenvalue weighted by Gasteiger charge is -2.21. The summed E-state index contributed by atoms with van der Waals surface area (Å²) < 4.78 is 16.2. The van der Waals surface area contributed by atoms with Crippen molar-refractivity contribution in [2.24, 2.45) is 0 Å². The Morgan fingerprint density at radius 1 is 1.28 bits per heavy atom. The van der Waals surface area contributed by atoms with Crippen LogP contribution in [0.1, 0.15) is 23.6 Å².